The molecule has 2 fully saturated rings. The Morgan fingerprint density at radius 3 is 2.63 bits per heavy atom. The van der Waals surface area contributed by atoms with E-state index in [2.05, 4.69) is 24.5 Å². The topological polar surface area (TPSA) is 41.1 Å². The molecule has 0 radical (unpaired) electrons. The summed E-state index contributed by atoms with van der Waals surface area (Å²) >= 11 is 0. The molecule has 110 valence electrons. The second-order valence-corrected chi connectivity index (χ2v) is 6.67. The second-order valence-electron chi connectivity index (χ2n) is 6.67. The molecule has 0 aromatic heterocycles. The molecule has 1 saturated heterocycles. The van der Waals surface area contributed by atoms with Gasteiger partial charge in [-0.1, -0.05) is 26.7 Å². The van der Waals surface area contributed by atoms with Crippen LogP contribution in [0.15, 0.2) is 0 Å². The molecule has 0 spiro atoms. The van der Waals surface area contributed by atoms with E-state index in [0.29, 0.717) is 11.9 Å². The van der Waals surface area contributed by atoms with Crippen molar-refractivity contribution >= 4 is 5.91 Å². The monoisotopic (exact) mass is 266 g/mol. The van der Waals surface area contributed by atoms with Gasteiger partial charge in [0.1, 0.15) is 0 Å². The third kappa shape index (κ3) is 3.71. The average molecular weight is 266 g/mol. The van der Waals surface area contributed by atoms with Crippen molar-refractivity contribution in [2.75, 3.05) is 13.1 Å². The summed E-state index contributed by atoms with van der Waals surface area (Å²) in [6.07, 6.45) is 9.19. The Morgan fingerprint density at radius 1 is 1.21 bits per heavy atom. The molecule has 1 aliphatic carbocycles. The Balaban J connectivity index is 1.91. The first-order chi connectivity index (χ1) is 9.16. The number of hydrogen-bond donors (Lipinski definition) is 2. The van der Waals surface area contributed by atoms with Crippen molar-refractivity contribution in [1.29, 1.82) is 0 Å². The minimum absolute atomic E-state index is 0.0941. The van der Waals surface area contributed by atoms with Gasteiger partial charge in [-0.05, 0) is 57.5 Å². The molecule has 2 aliphatic rings. The molecule has 3 heteroatoms. The van der Waals surface area contributed by atoms with Crippen LogP contribution >= 0.6 is 0 Å². The van der Waals surface area contributed by atoms with Crippen molar-refractivity contribution in [2.45, 2.75) is 71.3 Å². The van der Waals surface area contributed by atoms with E-state index in [0.717, 1.165) is 38.3 Å². The average Bonchev–Trinajstić information content (AvgIpc) is 2.64. The normalized spacial score (nSPS) is 31.5. The Bertz CT molecular complexity index is 297. The molecule has 0 aromatic carbocycles. The van der Waals surface area contributed by atoms with Crippen molar-refractivity contribution in [3.63, 3.8) is 0 Å². The van der Waals surface area contributed by atoms with Crippen molar-refractivity contribution in [3.05, 3.63) is 0 Å². The van der Waals surface area contributed by atoms with E-state index in [1.54, 1.807) is 0 Å². The fourth-order valence-corrected chi connectivity index (χ4v) is 3.62. The van der Waals surface area contributed by atoms with Crippen LogP contribution in [0.2, 0.25) is 0 Å². The maximum absolute atomic E-state index is 12.7. The van der Waals surface area contributed by atoms with E-state index in [4.69, 9.17) is 0 Å². The molecule has 0 aromatic rings. The first-order valence-corrected chi connectivity index (χ1v) is 8.18. The molecular formula is C16H30N2O. The highest BCUT2D eigenvalue weighted by atomic mass is 16.2. The number of carbonyl (C=O) groups is 1. The zero-order valence-electron chi connectivity index (χ0n) is 12.6. The van der Waals surface area contributed by atoms with E-state index >= 15 is 0 Å². The standard InChI is InChI=1S/C16H30N2O/c1-3-16(9-11-17-12-10-16)15(19)18-14-6-4-5-13(2)7-8-14/h13-14,17H,3-12H2,1-2H3,(H,18,19). The van der Waals surface area contributed by atoms with Gasteiger partial charge in [-0.25, -0.2) is 0 Å². The third-order valence-corrected chi connectivity index (χ3v) is 5.31. The summed E-state index contributed by atoms with van der Waals surface area (Å²) in [6.45, 7) is 6.48. The van der Waals surface area contributed by atoms with Gasteiger partial charge in [0.2, 0.25) is 5.91 Å². The fraction of sp³-hybridized carbons (Fsp3) is 0.938. The number of hydrogen-bond acceptors (Lipinski definition) is 2. The first-order valence-electron chi connectivity index (χ1n) is 8.18. The minimum Gasteiger partial charge on any atom is -0.353 e. The van der Waals surface area contributed by atoms with Crippen molar-refractivity contribution < 1.29 is 4.79 Å². The second kappa shape index (κ2) is 6.74. The van der Waals surface area contributed by atoms with Crippen LogP contribution in [0.3, 0.4) is 0 Å². The van der Waals surface area contributed by atoms with Gasteiger partial charge in [0, 0.05) is 6.04 Å². The Labute approximate surface area is 117 Å². The number of nitrogens with one attached hydrogen (secondary N) is 2. The largest absolute Gasteiger partial charge is 0.353 e. The molecule has 19 heavy (non-hydrogen) atoms. The summed E-state index contributed by atoms with van der Waals surface area (Å²) in [5, 5.41) is 6.74. The quantitative estimate of drug-likeness (QED) is 0.771. The summed E-state index contributed by atoms with van der Waals surface area (Å²) in [7, 11) is 0. The van der Waals surface area contributed by atoms with Crippen LogP contribution in [-0.4, -0.2) is 25.0 Å². The summed E-state index contributed by atoms with van der Waals surface area (Å²) in [5.41, 5.74) is -0.0941. The van der Waals surface area contributed by atoms with E-state index < -0.39 is 0 Å². The third-order valence-electron chi connectivity index (χ3n) is 5.31. The Hall–Kier alpha value is -0.570. The highest BCUT2D eigenvalue weighted by molar-refractivity contribution is 5.83. The van der Waals surface area contributed by atoms with Crippen LogP contribution in [0.1, 0.15) is 65.2 Å². The number of amides is 1. The maximum Gasteiger partial charge on any atom is 0.226 e. The van der Waals surface area contributed by atoms with Gasteiger partial charge in [0.15, 0.2) is 0 Å². The number of rotatable bonds is 3. The lowest BCUT2D eigenvalue weighted by atomic mass is 9.75. The Morgan fingerprint density at radius 2 is 1.95 bits per heavy atom. The molecule has 2 rings (SSSR count). The number of piperidine rings is 1. The molecule has 0 bridgehead atoms. The van der Waals surface area contributed by atoms with E-state index in [1.165, 1.54) is 32.1 Å². The first kappa shape index (κ1) is 14.8. The molecule has 1 amide bonds. The van der Waals surface area contributed by atoms with E-state index in [9.17, 15) is 4.79 Å². The molecule has 2 atom stereocenters. The summed E-state index contributed by atoms with van der Waals surface area (Å²) in [4.78, 5) is 12.7. The predicted octanol–water partition coefficient (Wildman–Crippen LogP) is 2.85. The fourth-order valence-electron chi connectivity index (χ4n) is 3.62. The van der Waals surface area contributed by atoms with Crippen molar-refractivity contribution in [3.8, 4) is 0 Å². The molecule has 3 nitrogen and oxygen atoms in total. The van der Waals surface area contributed by atoms with Crippen LogP contribution in [0.25, 0.3) is 0 Å². The van der Waals surface area contributed by atoms with Crippen molar-refractivity contribution in [2.24, 2.45) is 11.3 Å². The summed E-state index contributed by atoms with van der Waals surface area (Å²) in [6, 6.07) is 0.427. The summed E-state index contributed by atoms with van der Waals surface area (Å²) < 4.78 is 0. The highest BCUT2D eigenvalue weighted by Crippen LogP contribution is 2.33. The van der Waals surface area contributed by atoms with Gasteiger partial charge < -0.3 is 10.6 Å². The maximum atomic E-state index is 12.7. The minimum atomic E-state index is -0.0941. The molecule has 1 aliphatic heterocycles. The van der Waals surface area contributed by atoms with E-state index in [-0.39, 0.29) is 5.41 Å². The molecule has 2 unspecified atom stereocenters. The van der Waals surface area contributed by atoms with Gasteiger partial charge in [0.25, 0.3) is 0 Å². The molecular weight excluding hydrogens is 236 g/mol. The Kier molecular flexibility index (Phi) is 5.26. The smallest absolute Gasteiger partial charge is 0.226 e. The van der Waals surface area contributed by atoms with Crippen LogP contribution in [0.5, 0.6) is 0 Å². The SMILES string of the molecule is CCC1(C(=O)NC2CCCC(C)CC2)CCNCC1. The van der Waals surface area contributed by atoms with E-state index in [1.807, 2.05) is 0 Å². The van der Waals surface area contributed by atoms with Gasteiger partial charge in [-0.2, -0.15) is 0 Å². The van der Waals surface area contributed by atoms with Gasteiger partial charge in [-0.15, -0.1) is 0 Å². The van der Waals surface area contributed by atoms with Crippen LogP contribution in [0, 0.1) is 11.3 Å². The molecule has 1 heterocycles. The van der Waals surface area contributed by atoms with Crippen molar-refractivity contribution in [1.82, 2.24) is 10.6 Å². The lowest BCUT2D eigenvalue weighted by Crippen LogP contribution is -2.50. The highest BCUT2D eigenvalue weighted by Gasteiger charge is 2.38. The molecule has 2 N–H and O–H groups in total. The zero-order chi connectivity index (χ0) is 13.7. The van der Waals surface area contributed by atoms with Gasteiger partial charge in [0.05, 0.1) is 5.41 Å². The predicted molar refractivity (Wildman–Crippen MR) is 79.0 cm³/mol. The number of carbonyl (C=O) groups excluding carboxylic acids is 1. The lowest BCUT2D eigenvalue weighted by molar-refractivity contribution is -0.133. The van der Waals surface area contributed by atoms with Crippen LogP contribution in [-0.2, 0) is 4.79 Å². The lowest BCUT2D eigenvalue weighted by Gasteiger charge is -2.36. The zero-order valence-corrected chi connectivity index (χ0v) is 12.6. The van der Waals surface area contributed by atoms with Crippen LogP contribution < -0.4 is 10.6 Å². The molecule has 1 saturated carbocycles. The van der Waals surface area contributed by atoms with Crippen LogP contribution in [0.4, 0.5) is 0 Å². The van der Waals surface area contributed by atoms with Gasteiger partial charge >= 0.3 is 0 Å². The summed E-state index contributed by atoms with van der Waals surface area (Å²) in [5.74, 6) is 1.16. The van der Waals surface area contributed by atoms with Gasteiger partial charge in [-0.3, -0.25) is 4.79 Å².